The van der Waals surface area contributed by atoms with Crippen LogP contribution in [0.15, 0.2) is 29.3 Å². The average molecular weight is 536 g/mol. The molecule has 2 fully saturated rings. The highest BCUT2D eigenvalue weighted by Gasteiger charge is 2.31. The van der Waals surface area contributed by atoms with E-state index in [1.165, 1.54) is 12.1 Å². The molecule has 3 rings (SSSR count). The van der Waals surface area contributed by atoms with Gasteiger partial charge in [0.2, 0.25) is 0 Å². The molecule has 30 heavy (non-hydrogen) atoms. The first kappa shape index (κ1) is 25.1. The van der Waals surface area contributed by atoms with Crippen LogP contribution in [0.3, 0.4) is 0 Å². The second kappa shape index (κ2) is 13.3. The van der Waals surface area contributed by atoms with Gasteiger partial charge in [-0.1, -0.05) is 0 Å². The number of nitrogens with one attached hydrogen (secondary N) is 2. The molecule has 0 spiro atoms. The lowest BCUT2D eigenvalue weighted by atomic mass is 9.97. The summed E-state index contributed by atoms with van der Waals surface area (Å²) in [6, 6.07) is 6.46. The first-order valence-corrected chi connectivity index (χ1v) is 10.4. The van der Waals surface area contributed by atoms with Crippen LogP contribution in [-0.4, -0.2) is 82.7 Å². The van der Waals surface area contributed by atoms with Crippen LogP contribution >= 0.6 is 24.0 Å². The van der Waals surface area contributed by atoms with Crippen LogP contribution in [0.25, 0.3) is 0 Å². The van der Waals surface area contributed by atoms with Gasteiger partial charge >= 0.3 is 0 Å². The summed E-state index contributed by atoms with van der Waals surface area (Å²) in [4.78, 5) is 6.84. The highest BCUT2D eigenvalue weighted by molar-refractivity contribution is 14.0. The van der Waals surface area contributed by atoms with Gasteiger partial charge in [-0.3, -0.25) is 9.89 Å². The largest absolute Gasteiger partial charge is 0.489 e. The zero-order chi connectivity index (χ0) is 20.5. The van der Waals surface area contributed by atoms with Gasteiger partial charge in [0.05, 0.1) is 26.4 Å². The Labute approximate surface area is 195 Å². The van der Waals surface area contributed by atoms with Crippen LogP contribution in [0.5, 0.6) is 5.75 Å². The SMILES string of the molecule is CN=C(NCC(C)Oc1ccc(F)cc1)NCC(C1CCOC1)N1CCOCC1.I. The van der Waals surface area contributed by atoms with Crippen LogP contribution in [-0.2, 0) is 9.47 Å². The number of benzene rings is 1. The molecule has 2 N–H and O–H groups in total. The molecule has 0 radical (unpaired) electrons. The molecular formula is C21H34FIN4O3. The predicted molar refractivity (Wildman–Crippen MR) is 126 cm³/mol. The number of nitrogens with zero attached hydrogens (tertiary/aromatic N) is 2. The number of hydrogen-bond acceptors (Lipinski definition) is 5. The van der Waals surface area contributed by atoms with Crippen molar-refractivity contribution < 1.29 is 18.6 Å². The van der Waals surface area contributed by atoms with E-state index in [2.05, 4.69) is 20.5 Å². The summed E-state index contributed by atoms with van der Waals surface area (Å²) >= 11 is 0. The van der Waals surface area contributed by atoms with E-state index in [-0.39, 0.29) is 35.9 Å². The third-order valence-corrected chi connectivity index (χ3v) is 5.43. The molecule has 0 aliphatic carbocycles. The fraction of sp³-hybridized carbons (Fsp3) is 0.667. The molecule has 2 aliphatic heterocycles. The maximum Gasteiger partial charge on any atom is 0.191 e. The summed E-state index contributed by atoms with van der Waals surface area (Å²) < 4.78 is 30.0. The zero-order valence-electron chi connectivity index (χ0n) is 17.8. The van der Waals surface area contributed by atoms with Gasteiger partial charge in [0.15, 0.2) is 5.96 Å². The van der Waals surface area contributed by atoms with Crippen LogP contribution in [0, 0.1) is 11.7 Å². The van der Waals surface area contributed by atoms with E-state index in [0.29, 0.717) is 24.3 Å². The van der Waals surface area contributed by atoms with Crippen molar-refractivity contribution >= 4 is 29.9 Å². The van der Waals surface area contributed by atoms with Crippen LogP contribution in [0.1, 0.15) is 13.3 Å². The molecular weight excluding hydrogens is 502 g/mol. The minimum absolute atomic E-state index is 0. The molecule has 0 amide bonds. The molecule has 170 valence electrons. The van der Waals surface area contributed by atoms with Crippen molar-refractivity contribution in [3.63, 3.8) is 0 Å². The monoisotopic (exact) mass is 536 g/mol. The third-order valence-electron chi connectivity index (χ3n) is 5.43. The molecule has 0 saturated carbocycles. The first-order valence-electron chi connectivity index (χ1n) is 10.4. The summed E-state index contributed by atoms with van der Waals surface area (Å²) in [6.07, 6.45) is 1.01. The Morgan fingerprint density at radius 1 is 1.17 bits per heavy atom. The smallest absolute Gasteiger partial charge is 0.191 e. The van der Waals surface area contributed by atoms with Crippen molar-refractivity contribution in [1.29, 1.82) is 0 Å². The number of hydrogen-bond donors (Lipinski definition) is 2. The van der Waals surface area contributed by atoms with E-state index in [1.54, 1.807) is 19.2 Å². The molecule has 1 aromatic rings. The van der Waals surface area contributed by atoms with E-state index in [1.807, 2.05) is 6.92 Å². The van der Waals surface area contributed by atoms with Crippen molar-refractivity contribution in [3.8, 4) is 5.75 Å². The van der Waals surface area contributed by atoms with E-state index in [4.69, 9.17) is 14.2 Å². The fourth-order valence-corrected chi connectivity index (χ4v) is 3.81. The first-order chi connectivity index (χ1) is 14.2. The minimum atomic E-state index is -0.268. The predicted octanol–water partition coefficient (Wildman–Crippen LogP) is 2.11. The number of aliphatic imine (C=N–C) groups is 1. The van der Waals surface area contributed by atoms with E-state index >= 15 is 0 Å². The fourth-order valence-electron chi connectivity index (χ4n) is 3.81. The Balaban J connectivity index is 0.00000320. The Kier molecular flexibility index (Phi) is 11.1. The Hall–Kier alpha value is -1.17. The summed E-state index contributed by atoms with van der Waals surface area (Å²) in [6.45, 7) is 8.51. The van der Waals surface area contributed by atoms with Crippen LogP contribution in [0.4, 0.5) is 4.39 Å². The molecule has 2 heterocycles. The average Bonchev–Trinajstić information content (AvgIpc) is 3.27. The number of halogens is 2. The van der Waals surface area contributed by atoms with Gasteiger partial charge in [-0.2, -0.15) is 0 Å². The molecule has 3 atom stereocenters. The van der Waals surface area contributed by atoms with Crippen LogP contribution < -0.4 is 15.4 Å². The maximum atomic E-state index is 13.0. The quantitative estimate of drug-likeness (QED) is 0.302. The molecule has 3 unspecified atom stereocenters. The normalized spacial score (nSPS) is 22.1. The van der Waals surface area contributed by atoms with Gasteiger partial charge in [-0.15, -0.1) is 24.0 Å². The van der Waals surface area contributed by atoms with Crippen molar-refractivity contribution in [1.82, 2.24) is 15.5 Å². The Bertz CT molecular complexity index is 638. The van der Waals surface area contributed by atoms with Crippen molar-refractivity contribution in [3.05, 3.63) is 30.1 Å². The van der Waals surface area contributed by atoms with E-state index < -0.39 is 0 Å². The maximum absolute atomic E-state index is 13.0. The van der Waals surface area contributed by atoms with Gasteiger partial charge in [-0.05, 0) is 37.6 Å². The van der Waals surface area contributed by atoms with Gasteiger partial charge in [-0.25, -0.2) is 4.39 Å². The zero-order valence-corrected chi connectivity index (χ0v) is 20.1. The van der Waals surface area contributed by atoms with Crippen LogP contribution in [0.2, 0.25) is 0 Å². The molecule has 1 aromatic carbocycles. The topological polar surface area (TPSA) is 67.4 Å². The molecule has 0 aromatic heterocycles. The lowest BCUT2D eigenvalue weighted by Crippen LogP contribution is -2.54. The Morgan fingerprint density at radius 2 is 1.87 bits per heavy atom. The third kappa shape index (κ3) is 7.82. The second-order valence-corrected chi connectivity index (χ2v) is 7.56. The lowest BCUT2D eigenvalue weighted by Gasteiger charge is -2.37. The summed E-state index contributed by atoms with van der Waals surface area (Å²) in [7, 11) is 1.77. The lowest BCUT2D eigenvalue weighted by molar-refractivity contribution is 0.00246. The molecule has 2 saturated heterocycles. The number of ether oxygens (including phenoxy) is 3. The van der Waals surface area contributed by atoms with Crippen molar-refractivity contribution in [2.24, 2.45) is 10.9 Å². The highest BCUT2D eigenvalue weighted by Crippen LogP contribution is 2.21. The van der Waals surface area contributed by atoms with Crippen molar-refractivity contribution in [2.45, 2.75) is 25.5 Å². The summed E-state index contributed by atoms with van der Waals surface area (Å²) in [5.74, 6) is 1.66. The van der Waals surface area contributed by atoms with Crippen molar-refractivity contribution in [2.75, 3.05) is 59.7 Å². The van der Waals surface area contributed by atoms with E-state index in [0.717, 1.165) is 58.4 Å². The van der Waals surface area contributed by atoms with Gasteiger partial charge in [0.1, 0.15) is 17.7 Å². The summed E-state index contributed by atoms with van der Waals surface area (Å²) in [5.41, 5.74) is 0. The number of morpholine rings is 1. The second-order valence-electron chi connectivity index (χ2n) is 7.56. The van der Waals surface area contributed by atoms with Gasteiger partial charge in [0, 0.05) is 45.2 Å². The van der Waals surface area contributed by atoms with Gasteiger partial charge < -0.3 is 24.8 Å². The number of guanidine groups is 1. The minimum Gasteiger partial charge on any atom is -0.489 e. The van der Waals surface area contributed by atoms with E-state index in [9.17, 15) is 4.39 Å². The highest BCUT2D eigenvalue weighted by atomic mass is 127. The molecule has 7 nitrogen and oxygen atoms in total. The molecule has 0 bridgehead atoms. The van der Waals surface area contributed by atoms with Gasteiger partial charge in [0.25, 0.3) is 0 Å². The number of rotatable bonds is 8. The molecule has 2 aliphatic rings. The Morgan fingerprint density at radius 3 is 2.50 bits per heavy atom. The molecule has 9 heteroatoms. The summed E-state index contributed by atoms with van der Waals surface area (Å²) in [5, 5.41) is 6.78. The standard InChI is InChI=1S/C21H33FN4O3.HI/c1-16(29-19-5-3-18(22)4-6-19)13-24-21(23-2)25-14-20(17-7-10-28-15-17)26-8-11-27-12-9-26;/h3-6,16-17,20H,7-15H2,1-2H3,(H2,23,24,25);1H.